The van der Waals surface area contributed by atoms with Crippen molar-refractivity contribution in [2.45, 2.75) is 297 Å². The van der Waals surface area contributed by atoms with Crippen molar-refractivity contribution >= 4 is 53.4 Å². The third-order valence-corrected chi connectivity index (χ3v) is 20.5. The van der Waals surface area contributed by atoms with E-state index in [1.807, 2.05) is 0 Å². The number of carboxylic acids is 4. The fourth-order valence-electron chi connectivity index (χ4n) is 14.8. The number of aliphatic hydroxyl groups is 22. The molecule has 7 heterocycles. The van der Waals surface area contributed by atoms with Crippen LogP contribution in [0.4, 0.5) is 0 Å². The predicted octanol–water partition coefficient (Wildman–Crippen LogP) is -18.7. The van der Waals surface area contributed by atoms with Gasteiger partial charge in [0, 0.05) is 60.3 Å². The Kier molecular flexibility index (Phi) is 34.1. The van der Waals surface area contributed by atoms with Crippen LogP contribution >= 0.6 is 0 Å². The number of aliphatic carboxylic acids is 4. The molecule has 672 valence electrons. The Morgan fingerprint density at radius 2 is 0.658 bits per heavy atom. The second kappa shape index (κ2) is 40.7. The van der Waals surface area contributed by atoms with Crippen molar-refractivity contribution in [1.82, 2.24) is 26.6 Å². The molecule has 0 aromatic heterocycles. The van der Waals surface area contributed by atoms with Gasteiger partial charge in [-0.25, -0.2) is 19.2 Å². The first-order chi connectivity index (χ1) is 54.7. The van der Waals surface area contributed by atoms with E-state index in [1.54, 1.807) is 0 Å². The van der Waals surface area contributed by atoms with Crippen molar-refractivity contribution < 1.29 is 237 Å². The molecule has 117 heavy (non-hydrogen) atoms. The number of hydrogen-bond acceptors (Lipinski definition) is 44. The Balaban J connectivity index is 1.26. The highest BCUT2D eigenvalue weighted by atomic mass is 16.8. The zero-order valence-electron chi connectivity index (χ0n) is 62.6. The lowest BCUT2D eigenvalue weighted by atomic mass is 9.86. The number of carbonyl (C=O) groups excluding carboxylic acids is 5. The van der Waals surface area contributed by atoms with E-state index in [0.29, 0.717) is 0 Å². The molecular weight excluding hydrogens is 1610 g/mol. The predicted molar refractivity (Wildman–Crippen MR) is 359 cm³/mol. The molecule has 0 spiro atoms. The van der Waals surface area contributed by atoms with Gasteiger partial charge in [0.2, 0.25) is 29.5 Å². The minimum absolute atomic E-state index is 0.773. The van der Waals surface area contributed by atoms with Gasteiger partial charge in [0.05, 0.1) is 94.8 Å². The van der Waals surface area contributed by atoms with Gasteiger partial charge in [0.1, 0.15) is 146 Å². The van der Waals surface area contributed by atoms with Crippen molar-refractivity contribution in [3.63, 3.8) is 0 Å². The molecule has 0 saturated carbocycles. The third kappa shape index (κ3) is 21.5. The van der Waals surface area contributed by atoms with Crippen molar-refractivity contribution in [2.75, 3.05) is 46.2 Å². The first-order valence-corrected chi connectivity index (χ1v) is 36.1. The van der Waals surface area contributed by atoms with E-state index in [4.69, 9.17) is 61.6 Å². The highest BCUT2D eigenvalue weighted by molar-refractivity contribution is 5.79. The van der Waals surface area contributed by atoms with Gasteiger partial charge in [-0.1, -0.05) is 0 Å². The molecule has 5 amide bonds. The molecule has 31 N–H and O–H groups in total. The Hall–Kier alpha value is -6.17. The number of amides is 5. The van der Waals surface area contributed by atoms with E-state index in [2.05, 4.69) is 26.6 Å². The molecule has 0 radical (unpaired) electrons. The molecule has 7 saturated heterocycles. The molecule has 53 heteroatoms. The SMILES string of the molecule is CC(=O)NC1C(OC2C(CO)OC(OC3C(CO)OC(O)C(O)C3O)C(O)C2OC2(C(=O)O)CC(O)C(NC(C)=O)C(C(O)C(CO)OC3(C(=O)O)CC(O)C(NC(C)=O)C(C(O)C(CO)OC4(C(=O)O)CC(O)C(NC(C)=O)C(C(O)C(CO)OC5(C(=O)O)CC(O)C(NC(C)=O)C(C(O)C(O)CO)O5)O4)O3)O2)OC(CO)C(O)C1O. The van der Waals surface area contributed by atoms with Gasteiger partial charge in [0.25, 0.3) is 23.1 Å². The van der Waals surface area contributed by atoms with Gasteiger partial charge in [-0.3, -0.25) is 24.0 Å². The van der Waals surface area contributed by atoms with Crippen LogP contribution in [0.15, 0.2) is 0 Å². The molecule has 7 rings (SSSR count). The average molecular weight is 1710 g/mol. The summed E-state index contributed by atoms with van der Waals surface area (Å²) in [6.07, 6.45) is -78.5. The Labute approximate surface area is 659 Å². The third-order valence-electron chi connectivity index (χ3n) is 20.5. The van der Waals surface area contributed by atoms with Crippen LogP contribution in [0.1, 0.15) is 60.3 Å². The van der Waals surface area contributed by atoms with Crippen LogP contribution in [-0.4, -0.2) is 469 Å². The fourth-order valence-corrected chi connectivity index (χ4v) is 14.8. The maximum absolute atomic E-state index is 14.1. The Morgan fingerprint density at radius 1 is 0.350 bits per heavy atom. The van der Waals surface area contributed by atoms with E-state index in [1.165, 1.54) is 0 Å². The number of aliphatic hydroxyl groups excluding tert-OH is 22. The molecular formula is C64H103N5O48. The summed E-state index contributed by atoms with van der Waals surface area (Å²) in [5.41, 5.74) is 0. The summed E-state index contributed by atoms with van der Waals surface area (Å²) in [7, 11) is 0. The molecule has 0 aromatic carbocycles. The highest BCUT2D eigenvalue weighted by Crippen LogP contribution is 2.45. The average Bonchev–Trinajstić information content (AvgIpc) is 1.01. The zero-order valence-corrected chi connectivity index (χ0v) is 62.6. The van der Waals surface area contributed by atoms with Crippen LogP contribution in [0.5, 0.6) is 0 Å². The normalized spacial score (nSPS) is 41.4. The molecule has 7 aliphatic rings. The van der Waals surface area contributed by atoms with E-state index < -0.39 is 362 Å². The smallest absolute Gasteiger partial charge is 0.364 e. The van der Waals surface area contributed by atoms with Gasteiger partial charge < -0.3 is 221 Å². The van der Waals surface area contributed by atoms with Gasteiger partial charge in [-0.05, 0) is 0 Å². The molecule has 7 fully saturated rings. The van der Waals surface area contributed by atoms with Crippen molar-refractivity contribution in [1.29, 1.82) is 0 Å². The van der Waals surface area contributed by atoms with E-state index >= 15 is 0 Å². The standard InChI is InChI=1S/C64H103N5O48/c1-17(77)65-33-22(82)6-61(57(97)98,113-49(33)38(87)26(86)10-70)110-28(12-72)40(89)50-34(66-18(2)78)23(83)7-62(114-50,58(99)100)111-29(13-73)41(90)51-35(67-19(3)79)24(84)8-63(115-51,59(101)102)112-30(14-74)42(91)52-36(68-20(4)80)25(85)9-64(116-52,60(103)104)117-53-46(95)56(108-47-31(15-75)105-54(96)45(94)44(47)93)107-32(16-76)48(53)109-55-37(69-21(5)81)43(92)39(88)27(11-71)106-55/h22-56,70-76,82-96H,6-16H2,1-5H3,(H,65,77)(H,66,78)(H,67,79)(H,68,80)(H,69,81)(H,97,98)(H,99,100)(H,101,102)(H,103,104). The highest BCUT2D eigenvalue weighted by Gasteiger charge is 2.66. The lowest BCUT2D eigenvalue weighted by Crippen LogP contribution is -2.72. The van der Waals surface area contributed by atoms with E-state index in [9.17, 15) is 176 Å². The summed E-state index contributed by atoms with van der Waals surface area (Å²) in [4.78, 5) is 118. The minimum Gasteiger partial charge on any atom is -0.477 e. The molecule has 39 atom stereocenters. The lowest BCUT2D eigenvalue weighted by Gasteiger charge is -2.52. The first kappa shape index (κ1) is 97.9. The molecule has 53 nitrogen and oxygen atoms in total. The summed E-state index contributed by atoms with van der Waals surface area (Å²) < 4.78 is 74.9. The van der Waals surface area contributed by atoms with Crippen LogP contribution in [-0.2, 0) is 105 Å². The maximum Gasteiger partial charge on any atom is 0.364 e. The minimum atomic E-state index is -3.76. The number of carboxylic acid groups (broad SMARTS) is 4. The maximum atomic E-state index is 14.1. The molecule has 0 bridgehead atoms. The van der Waals surface area contributed by atoms with E-state index in [0.717, 1.165) is 34.6 Å². The van der Waals surface area contributed by atoms with Gasteiger partial charge in [0.15, 0.2) is 18.9 Å². The molecule has 7 aliphatic heterocycles. The van der Waals surface area contributed by atoms with Gasteiger partial charge >= 0.3 is 23.9 Å². The zero-order chi connectivity index (χ0) is 87.9. The summed E-state index contributed by atoms with van der Waals surface area (Å²) in [5, 5.41) is 301. The number of ether oxygens (including phenoxy) is 13. The summed E-state index contributed by atoms with van der Waals surface area (Å²) >= 11 is 0. The summed E-state index contributed by atoms with van der Waals surface area (Å²) in [5.74, 6) is -29.4. The van der Waals surface area contributed by atoms with Crippen LogP contribution in [0.2, 0.25) is 0 Å². The second-order valence-electron chi connectivity index (χ2n) is 28.9. The van der Waals surface area contributed by atoms with Crippen molar-refractivity contribution in [3.05, 3.63) is 0 Å². The largest absolute Gasteiger partial charge is 0.477 e. The molecule has 0 aromatic rings. The van der Waals surface area contributed by atoms with Crippen LogP contribution in [0.25, 0.3) is 0 Å². The number of hydrogen-bond donors (Lipinski definition) is 31. The van der Waals surface area contributed by atoms with Crippen molar-refractivity contribution in [2.24, 2.45) is 0 Å². The van der Waals surface area contributed by atoms with Crippen LogP contribution in [0.3, 0.4) is 0 Å². The number of rotatable bonds is 36. The fraction of sp³-hybridized carbons (Fsp3) is 0.859. The summed E-state index contributed by atoms with van der Waals surface area (Å²) in [6.45, 7) is -5.82. The van der Waals surface area contributed by atoms with Crippen LogP contribution < -0.4 is 26.6 Å². The van der Waals surface area contributed by atoms with E-state index in [-0.39, 0.29) is 0 Å². The van der Waals surface area contributed by atoms with Crippen LogP contribution in [0, 0.1) is 0 Å². The summed E-state index contributed by atoms with van der Waals surface area (Å²) in [6, 6.07) is -10.3. The quantitative estimate of drug-likeness (QED) is 0.0277. The van der Waals surface area contributed by atoms with Gasteiger partial charge in [-0.15, -0.1) is 0 Å². The van der Waals surface area contributed by atoms with Crippen molar-refractivity contribution in [3.8, 4) is 0 Å². The lowest BCUT2D eigenvalue weighted by molar-refractivity contribution is -0.401. The monoisotopic (exact) mass is 1710 g/mol. The topological polar surface area (TPSA) is 860 Å². The molecule has 39 unspecified atom stereocenters. The Morgan fingerprint density at radius 3 is 0.983 bits per heavy atom. The Bertz CT molecular complexity index is 3380. The number of nitrogens with one attached hydrogen (secondary N) is 5. The van der Waals surface area contributed by atoms with Gasteiger partial charge in [-0.2, -0.15) is 0 Å². The number of carbonyl (C=O) groups is 9. The molecule has 0 aliphatic carbocycles. The first-order valence-electron chi connectivity index (χ1n) is 36.1. The second-order valence-corrected chi connectivity index (χ2v) is 28.9.